The van der Waals surface area contributed by atoms with Gasteiger partial charge in [0.15, 0.2) is 6.67 Å². The second-order valence-electron chi connectivity index (χ2n) is 6.44. The van der Waals surface area contributed by atoms with Gasteiger partial charge in [-0.25, -0.2) is 9.69 Å². The van der Waals surface area contributed by atoms with E-state index < -0.39 is 17.8 Å². The summed E-state index contributed by atoms with van der Waals surface area (Å²) in [5, 5.41) is 1.94. The molecule has 1 aliphatic heterocycles. The second-order valence-corrected chi connectivity index (χ2v) is 7.47. The molecule has 1 saturated heterocycles. The van der Waals surface area contributed by atoms with Crippen molar-refractivity contribution in [1.29, 1.82) is 0 Å². The summed E-state index contributed by atoms with van der Waals surface area (Å²) in [6.45, 7) is 0.979. The minimum Gasteiger partial charge on any atom is -0.497 e. The monoisotopic (exact) mass is 388 g/mol. The van der Waals surface area contributed by atoms with Gasteiger partial charge in [0, 0.05) is 23.4 Å². The number of methoxy groups -OCH3 is 1. The largest absolute Gasteiger partial charge is 0.497 e. The Bertz CT molecular complexity index is 820. The fraction of sp³-hybridized carbons (Fsp3) is 0.316. The van der Waals surface area contributed by atoms with E-state index >= 15 is 0 Å². The van der Waals surface area contributed by atoms with Gasteiger partial charge < -0.3 is 9.64 Å². The third kappa shape index (κ3) is 4.35. The van der Waals surface area contributed by atoms with Crippen molar-refractivity contribution in [1.82, 2.24) is 9.80 Å². The molecule has 1 aliphatic rings. The molecule has 2 heterocycles. The summed E-state index contributed by atoms with van der Waals surface area (Å²) in [5.41, 5.74) is 1.05. The lowest BCUT2D eigenvalue weighted by Crippen LogP contribution is -3.09. The first-order valence-corrected chi connectivity index (χ1v) is 9.51. The molecular formula is C19H22N3O4S+. The quantitative estimate of drug-likeness (QED) is 0.536. The second kappa shape index (κ2) is 8.32. The van der Waals surface area contributed by atoms with Crippen molar-refractivity contribution in [2.75, 3.05) is 27.4 Å². The van der Waals surface area contributed by atoms with Crippen LogP contribution in [-0.2, 0) is 22.6 Å². The Hall–Kier alpha value is -2.71. The van der Waals surface area contributed by atoms with Crippen molar-refractivity contribution >= 4 is 29.2 Å². The summed E-state index contributed by atoms with van der Waals surface area (Å²) < 4.78 is 5.14. The van der Waals surface area contributed by atoms with Gasteiger partial charge in [0.05, 0.1) is 14.2 Å². The van der Waals surface area contributed by atoms with E-state index in [4.69, 9.17) is 4.74 Å². The number of hydrogen-bond acceptors (Lipinski definition) is 5. The number of imide groups is 2. The average Bonchev–Trinajstić information content (AvgIpc) is 3.25. The molecule has 1 aromatic heterocycles. The molecule has 0 saturated carbocycles. The molecule has 0 bridgehead atoms. The third-order valence-electron chi connectivity index (χ3n) is 4.39. The van der Waals surface area contributed by atoms with Crippen molar-refractivity contribution in [3.63, 3.8) is 0 Å². The van der Waals surface area contributed by atoms with Gasteiger partial charge in [0.25, 0.3) is 0 Å². The molecule has 1 aromatic carbocycles. The van der Waals surface area contributed by atoms with E-state index in [0.29, 0.717) is 13.0 Å². The Morgan fingerprint density at radius 3 is 2.37 bits per heavy atom. The molecule has 0 radical (unpaired) electrons. The van der Waals surface area contributed by atoms with Crippen LogP contribution < -0.4 is 9.64 Å². The Morgan fingerprint density at radius 1 is 1.04 bits per heavy atom. The van der Waals surface area contributed by atoms with Gasteiger partial charge in [-0.1, -0.05) is 6.07 Å². The zero-order valence-electron chi connectivity index (χ0n) is 15.3. The highest BCUT2D eigenvalue weighted by atomic mass is 32.1. The molecule has 142 valence electrons. The van der Waals surface area contributed by atoms with E-state index in [0.717, 1.165) is 30.9 Å². The summed E-state index contributed by atoms with van der Waals surface area (Å²) in [6.07, 6.45) is 0.560. The van der Waals surface area contributed by atoms with Crippen LogP contribution in [0.5, 0.6) is 5.75 Å². The van der Waals surface area contributed by atoms with Crippen molar-refractivity contribution in [3.8, 4) is 5.75 Å². The summed E-state index contributed by atoms with van der Waals surface area (Å²) >= 11 is 1.56. The molecule has 8 heteroatoms. The van der Waals surface area contributed by atoms with E-state index in [1.807, 2.05) is 48.8 Å². The number of amides is 4. The van der Waals surface area contributed by atoms with Crippen molar-refractivity contribution in [2.45, 2.75) is 13.0 Å². The number of carbonyl (C=O) groups is 3. The summed E-state index contributed by atoms with van der Waals surface area (Å²) in [6, 6.07) is 10.9. The Morgan fingerprint density at radius 2 is 1.74 bits per heavy atom. The van der Waals surface area contributed by atoms with Crippen LogP contribution in [0.4, 0.5) is 4.79 Å². The number of quaternary nitrogens is 1. The maximum Gasteiger partial charge on any atom is 0.338 e. The molecule has 3 rings (SSSR count). The number of benzene rings is 1. The standard InChI is InChI=1S/C19H21N3O4S/c1-20(12-14-5-7-15(26-2)8-6-14)13-22-18(24)17(23)21(19(22)25)10-9-16-4-3-11-27-16/h3-8,11H,9-10,12-13H2,1-2H3/p+1. The molecule has 1 N–H and O–H groups in total. The Balaban J connectivity index is 1.59. The molecule has 0 aliphatic carbocycles. The van der Waals surface area contributed by atoms with Crippen molar-refractivity contribution in [2.24, 2.45) is 0 Å². The fourth-order valence-corrected chi connectivity index (χ4v) is 3.68. The molecule has 0 spiro atoms. The van der Waals surface area contributed by atoms with Gasteiger partial charge in [-0.2, -0.15) is 0 Å². The smallest absolute Gasteiger partial charge is 0.338 e. The highest BCUT2D eigenvalue weighted by Gasteiger charge is 2.45. The molecule has 1 unspecified atom stereocenters. The van der Waals surface area contributed by atoms with Crippen LogP contribution >= 0.6 is 11.3 Å². The van der Waals surface area contributed by atoms with Gasteiger partial charge in [0.2, 0.25) is 0 Å². The normalized spacial score (nSPS) is 15.6. The molecule has 1 fully saturated rings. The molecule has 4 amide bonds. The number of thiophene rings is 1. The van der Waals surface area contributed by atoms with E-state index in [1.165, 1.54) is 0 Å². The number of carbonyl (C=O) groups excluding carboxylic acids is 3. The van der Waals surface area contributed by atoms with Gasteiger partial charge >= 0.3 is 17.8 Å². The third-order valence-corrected chi connectivity index (χ3v) is 5.33. The molecule has 1 atom stereocenters. The van der Waals surface area contributed by atoms with E-state index in [-0.39, 0.29) is 13.2 Å². The van der Waals surface area contributed by atoms with Crippen LogP contribution in [-0.4, -0.2) is 55.0 Å². The highest BCUT2D eigenvalue weighted by Crippen LogP contribution is 2.15. The number of hydrogen-bond donors (Lipinski definition) is 1. The highest BCUT2D eigenvalue weighted by molar-refractivity contribution is 7.09. The lowest BCUT2D eigenvalue weighted by molar-refractivity contribution is -0.901. The van der Waals surface area contributed by atoms with E-state index in [1.54, 1.807) is 18.4 Å². The summed E-state index contributed by atoms with van der Waals surface area (Å²) in [4.78, 5) is 41.1. The molecule has 2 aromatic rings. The van der Waals surface area contributed by atoms with Crippen LogP contribution in [0.2, 0.25) is 0 Å². The van der Waals surface area contributed by atoms with E-state index in [9.17, 15) is 14.4 Å². The van der Waals surface area contributed by atoms with Crippen LogP contribution in [0.15, 0.2) is 41.8 Å². The Labute approximate surface area is 161 Å². The van der Waals surface area contributed by atoms with Gasteiger partial charge in [-0.3, -0.25) is 14.5 Å². The number of urea groups is 1. The number of nitrogens with zero attached hydrogens (tertiary/aromatic N) is 2. The van der Waals surface area contributed by atoms with E-state index in [2.05, 4.69) is 0 Å². The average molecular weight is 388 g/mol. The predicted molar refractivity (Wildman–Crippen MR) is 100 cm³/mol. The molecular weight excluding hydrogens is 366 g/mol. The maximum absolute atomic E-state index is 12.5. The number of rotatable bonds is 8. The van der Waals surface area contributed by atoms with Gasteiger partial charge in [-0.05, 0) is 35.7 Å². The number of ether oxygens (including phenoxy) is 1. The predicted octanol–water partition coefficient (Wildman–Crippen LogP) is 0.762. The fourth-order valence-electron chi connectivity index (χ4n) is 2.98. The summed E-state index contributed by atoms with van der Waals surface area (Å²) in [5.74, 6) is -0.720. The van der Waals surface area contributed by atoms with Crippen molar-refractivity contribution in [3.05, 3.63) is 52.2 Å². The lowest BCUT2D eigenvalue weighted by Gasteiger charge is -2.20. The first-order chi connectivity index (χ1) is 13.0. The SMILES string of the molecule is COc1ccc(C[NH+](C)CN2C(=O)C(=O)N(CCc3cccs3)C2=O)cc1. The minimum atomic E-state index is -0.750. The lowest BCUT2D eigenvalue weighted by atomic mass is 10.2. The van der Waals surface area contributed by atoms with Crippen LogP contribution in [0.3, 0.4) is 0 Å². The Kier molecular flexibility index (Phi) is 5.88. The first-order valence-electron chi connectivity index (χ1n) is 8.63. The van der Waals surface area contributed by atoms with Gasteiger partial charge in [-0.15, -0.1) is 11.3 Å². The molecule has 7 nitrogen and oxygen atoms in total. The van der Waals surface area contributed by atoms with Crippen LogP contribution in [0.25, 0.3) is 0 Å². The van der Waals surface area contributed by atoms with Crippen molar-refractivity contribution < 1.29 is 24.0 Å². The molecule has 27 heavy (non-hydrogen) atoms. The van der Waals surface area contributed by atoms with Crippen LogP contribution in [0.1, 0.15) is 10.4 Å². The zero-order chi connectivity index (χ0) is 19.4. The first kappa shape index (κ1) is 19.1. The summed E-state index contributed by atoms with van der Waals surface area (Å²) in [7, 11) is 3.49. The van der Waals surface area contributed by atoms with Gasteiger partial charge in [0.1, 0.15) is 12.3 Å². The van der Waals surface area contributed by atoms with Crippen LogP contribution in [0, 0.1) is 0 Å². The topological polar surface area (TPSA) is 71.4 Å². The number of nitrogens with one attached hydrogen (secondary N) is 1. The maximum atomic E-state index is 12.5. The minimum absolute atomic E-state index is 0.144. The zero-order valence-corrected chi connectivity index (χ0v) is 16.1.